The lowest BCUT2D eigenvalue weighted by Gasteiger charge is -2.00. The number of carbonyl (C=O) groups is 2. The van der Waals surface area contributed by atoms with Gasteiger partial charge in [-0.1, -0.05) is 0 Å². The molecule has 0 bridgehead atoms. The maximum atomic E-state index is 10.6. The van der Waals surface area contributed by atoms with E-state index < -0.39 is 49.3 Å². The maximum absolute atomic E-state index is 10.6. The number of benzene rings is 2. The summed E-state index contributed by atoms with van der Waals surface area (Å²) in [5.41, 5.74) is 7.02. The third-order valence-electron chi connectivity index (χ3n) is 3.25. The van der Waals surface area contributed by atoms with Gasteiger partial charge in [0, 0.05) is 18.2 Å². The van der Waals surface area contributed by atoms with Crippen molar-refractivity contribution in [3.05, 3.63) is 71.8 Å². The second-order valence-electron chi connectivity index (χ2n) is 5.08. The molecule has 0 amide bonds. The van der Waals surface area contributed by atoms with Crippen LogP contribution in [0.25, 0.3) is 0 Å². The first kappa shape index (κ1) is 22.2. The van der Waals surface area contributed by atoms with Crippen LogP contribution in [0.2, 0.25) is 0 Å². The normalized spacial score (nSPS) is 9.66. The van der Waals surface area contributed by atoms with Crippen LogP contribution in [-0.4, -0.2) is 36.9 Å². The molecular weight excluding hydrogens is 398 g/mol. The number of anilines is 2. The van der Waals surface area contributed by atoms with Gasteiger partial charge in [-0.15, -0.1) is 0 Å². The lowest BCUT2D eigenvalue weighted by Crippen LogP contribution is -2.05. The van der Waals surface area contributed by atoms with Gasteiger partial charge < -0.3 is 21.7 Å². The van der Waals surface area contributed by atoms with Gasteiger partial charge in [0.25, 0.3) is 17.1 Å². The molecule has 152 valence electrons. The van der Waals surface area contributed by atoms with Crippen molar-refractivity contribution in [3.8, 4) is 0 Å². The largest absolute Gasteiger partial charge is 0.478 e. The number of nitrogen functional groups attached to an aromatic ring is 2. The summed E-state index contributed by atoms with van der Waals surface area (Å²) >= 11 is 0. The summed E-state index contributed by atoms with van der Waals surface area (Å²) in [6, 6.07) is 4.68. The molecule has 0 saturated heterocycles. The molecule has 29 heavy (non-hydrogen) atoms. The molecule has 0 unspecified atom stereocenters. The van der Waals surface area contributed by atoms with E-state index in [1.807, 2.05) is 0 Å². The quantitative estimate of drug-likeness (QED) is 0.312. The minimum atomic E-state index is -1.51. The smallest absolute Gasteiger partial charge is 0.336 e. The monoisotopic (exact) mass is 409 g/mol. The second kappa shape index (κ2) is 8.71. The van der Waals surface area contributed by atoms with Crippen molar-refractivity contribution in [2.45, 2.75) is 0 Å². The van der Waals surface area contributed by atoms with Crippen molar-refractivity contribution < 1.29 is 34.6 Å². The third kappa shape index (κ3) is 5.33. The lowest BCUT2D eigenvalue weighted by atomic mass is 10.1. The minimum Gasteiger partial charge on any atom is -0.478 e. The lowest BCUT2D eigenvalue weighted by molar-refractivity contribution is -0.392. The predicted molar refractivity (Wildman–Crippen MR) is 95.6 cm³/mol. The first-order chi connectivity index (χ1) is 13.4. The molecule has 0 radical (unpaired) electrons. The summed E-state index contributed by atoms with van der Waals surface area (Å²) in [6.45, 7) is 0. The molecule has 0 saturated carbocycles. The van der Waals surface area contributed by atoms with E-state index in [0.29, 0.717) is 12.1 Å². The van der Waals surface area contributed by atoms with Crippen LogP contribution in [0.15, 0.2) is 30.3 Å². The minimum absolute atomic E-state index is 0.0463. The molecule has 0 aromatic heterocycles. The Labute approximate surface area is 159 Å². The topological polar surface area (TPSA) is 256 Å². The van der Waals surface area contributed by atoms with Gasteiger partial charge in [-0.2, -0.15) is 0 Å². The fourth-order valence-electron chi connectivity index (χ4n) is 1.88. The molecule has 15 nitrogen and oxygen atoms in total. The number of nitro benzene ring substituents is 3. The zero-order valence-electron chi connectivity index (χ0n) is 14.0. The highest BCUT2D eigenvalue weighted by molar-refractivity contribution is 5.92. The number of nitro groups is 3. The van der Waals surface area contributed by atoms with Crippen LogP contribution in [0.1, 0.15) is 20.7 Å². The van der Waals surface area contributed by atoms with Gasteiger partial charge in [-0.3, -0.25) is 30.3 Å². The molecule has 0 spiro atoms. The average molecular weight is 409 g/mol. The van der Waals surface area contributed by atoms with Crippen LogP contribution < -0.4 is 11.5 Å². The van der Waals surface area contributed by atoms with E-state index in [2.05, 4.69) is 0 Å². The third-order valence-corrected chi connectivity index (χ3v) is 3.25. The summed E-state index contributed by atoms with van der Waals surface area (Å²) in [6.07, 6.45) is 0. The Kier molecular flexibility index (Phi) is 6.68. The van der Waals surface area contributed by atoms with Crippen LogP contribution in [0, 0.1) is 30.3 Å². The number of carboxylic acids is 2. The maximum Gasteiger partial charge on any atom is 0.336 e. The van der Waals surface area contributed by atoms with E-state index in [1.54, 1.807) is 0 Å². The number of rotatable bonds is 5. The summed E-state index contributed by atoms with van der Waals surface area (Å²) in [4.78, 5) is 49.6. The number of aromatic carboxylic acids is 2. The van der Waals surface area contributed by atoms with E-state index in [1.165, 1.54) is 12.1 Å². The van der Waals surface area contributed by atoms with Crippen molar-refractivity contribution in [1.29, 1.82) is 0 Å². The van der Waals surface area contributed by atoms with Crippen molar-refractivity contribution in [2.75, 3.05) is 11.5 Å². The van der Waals surface area contributed by atoms with Crippen LogP contribution >= 0.6 is 0 Å². The molecule has 0 fully saturated rings. The molecule has 2 aromatic rings. The Morgan fingerprint density at radius 2 is 1.10 bits per heavy atom. The van der Waals surface area contributed by atoms with Gasteiger partial charge in [-0.05, 0) is 12.1 Å². The molecule has 6 N–H and O–H groups in total. The Morgan fingerprint density at radius 1 is 0.724 bits per heavy atom. The number of carboxylic acid groups (broad SMARTS) is 2. The Bertz CT molecular complexity index is 1000. The van der Waals surface area contributed by atoms with E-state index in [4.69, 9.17) is 21.7 Å². The van der Waals surface area contributed by atoms with E-state index in [9.17, 15) is 39.9 Å². The highest BCUT2D eigenvalue weighted by atomic mass is 16.6. The summed E-state index contributed by atoms with van der Waals surface area (Å²) in [7, 11) is 0. The molecule has 0 aliphatic rings. The summed E-state index contributed by atoms with van der Waals surface area (Å²) in [5, 5.41) is 48.4. The molecule has 2 aromatic carbocycles. The van der Waals surface area contributed by atoms with Crippen LogP contribution in [0.5, 0.6) is 0 Å². The standard InChI is InChI=1S/C7H5N3O6.C7H6N2O4/c8-6-4(9(13)14)1-3(7(11)12)2-5(6)10(15)16;8-5-2-1-4(7(10)11)3-6(5)9(12)13/h1-2H,8H2,(H,11,12);1-3H,8H2,(H,10,11). The van der Waals surface area contributed by atoms with Crippen LogP contribution in [-0.2, 0) is 0 Å². The van der Waals surface area contributed by atoms with Gasteiger partial charge in [0.1, 0.15) is 5.69 Å². The van der Waals surface area contributed by atoms with Gasteiger partial charge in [0.15, 0.2) is 5.69 Å². The summed E-state index contributed by atoms with van der Waals surface area (Å²) in [5.74, 6) is -2.73. The van der Waals surface area contributed by atoms with Crippen molar-refractivity contribution in [2.24, 2.45) is 0 Å². The Hall–Kier alpha value is -4.82. The molecule has 15 heteroatoms. The molecule has 0 aliphatic heterocycles. The highest BCUT2D eigenvalue weighted by Gasteiger charge is 2.26. The summed E-state index contributed by atoms with van der Waals surface area (Å²) < 4.78 is 0. The predicted octanol–water partition coefficient (Wildman–Crippen LogP) is 1.66. The molecule has 0 heterocycles. The average Bonchev–Trinajstić information content (AvgIpc) is 2.61. The number of hydrogen-bond acceptors (Lipinski definition) is 10. The first-order valence-electron chi connectivity index (χ1n) is 7.09. The number of hydrogen-bond donors (Lipinski definition) is 4. The molecule has 2 rings (SSSR count). The van der Waals surface area contributed by atoms with Crippen molar-refractivity contribution in [3.63, 3.8) is 0 Å². The number of nitrogens with two attached hydrogens (primary N) is 2. The fourth-order valence-corrected chi connectivity index (χ4v) is 1.88. The molecule has 0 atom stereocenters. The van der Waals surface area contributed by atoms with Crippen LogP contribution in [0.4, 0.5) is 28.4 Å². The first-order valence-corrected chi connectivity index (χ1v) is 7.09. The van der Waals surface area contributed by atoms with E-state index in [0.717, 1.165) is 6.07 Å². The van der Waals surface area contributed by atoms with Gasteiger partial charge in [0.05, 0.1) is 25.9 Å². The zero-order chi connectivity index (χ0) is 22.5. The van der Waals surface area contributed by atoms with Gasteiger partial charge >= 0.3 is 11.9 Å². The Balaban J connectivity index is 0.000000296. The Morgan fingerprint density at radius 3 is 1.45 bits per heavy atom. The second-order valence-corrected chi connectivity index (χ2v) is 5.08. The zero-order valence-corrected chi connectivity index (χ0v) is 14.0. The molecule has 0 aliphatic carbocycles. The fraction of sp³-hybridized carbons (Fsp3) is 0. The van der Waals surface area contributed by atoms with E-state index in [-0.39, 0.29) is 16.9 Å². The van der Waals surface area contributed by atoms with Gasteiger partial charge in [-0.25, -0.2) is 9.59 Å². The van der Waals surface area contributed by atoms with Crippen molar-refractivity contribution in [1.82, 2.24) is 0 Å². The van der Waals surface area contributed by atoms with Gasteiger partial charge in [0.2, 0.25) is 0 Å². The van der Waals surface area contributed by atoms with Crippen molar-refractivity contribution >= 4 is 40.4 Å². The SMILES string of the molecule is Nc1c([N+](=O)[O-])cc(C(=O)O)cc1[N+](=O)[O-].Nc1ccc(C(=O)O)cc1[N+](=O)[O-]. The highest BCUT2D eigenvalue weighted by Crippen LogP contribution is 2.32. The van der Waals surface area contributed by atoms with E-state index >= 15 is 0 Å². The van der Waals surface area contributed by atoms with Crippen LogP contribution in [0.3, 0.4) is 0 Å². The molecular formula is C14H11N5O10. The number of nitrogens with zero attached hydrogens (tertiary/aromatic N) is 3.